The number of hydrogen-bond donors (Lipinski definition) is 1. The molecule has 0 atom stereocenters. The second-order valence-electron chi connectivity index (χ2n) is 2.86. The van der Waals surface area contributed by atoms with Gasteiger partial charge in [0.1, 0.15) is 6.07 Å². The third-order valence-electron chi connectivity index (χ3n) is 1.99. The third-order valence-corrected chi connectivity index (χ3v) is 1.99. The first kappa shape index (κ1) is 9.27. The van der Waals surface area contributed by atoms with Crippen molar-refractivity contribution in [2.45, 2.75) is 13.8 Å². The largest absolute Gasteiger partial charge is 0.410 e. The average Bonchev–Trinajstić information content (AvgIpc) is 2.13. The summed E-state index contributed by atoms with van der Waals surface area (Å²) in [6.45, 7) is 3.94. The quantitative estimate of drug-likeness (QED) is 0.402. The van der Waals surface area contributed by atoms with Crippen LogP contribution < -0.4 is 0 Å². The van der Waals surface area contributed by atoms with Gasteiger partial charge in [-0.3, -0.25) is 0 Å². The van der Waals surface area contributed by atoms with E-state index in [1.165, 1.54) is 0 Å². The Kier molecular flexibility index (Phi) is 2.65. The lowest BCUT2D eigenvalue weighted by Gasteiger charge is -2.01. The summed E-state index contributed by atoms with van der Waals surface area (Å²) in [5, 5.41) is 20.0. The van der Waals surface area contributed by atoms with E-state index in [2.05, 4.69) is 5.16 Å². The van der Waals surface area contributed by atoms with Gasteiger partial charge in [0.2, 0.25) is 0 Å². The zero-order chi connectivity index (χ0) is 9.84. The van der Waals surface area contributed by atoms with Crippen LogP contribution in [0, 0.1) is 25.2 Å². The topological polar surface area (TPSA) is 56.4 Å². The van der Waals surface area contributed by atoms with E-state index >= 15 is 0 Å². The lowest BCUT2D eigenvalue weighted by Crippen LogP contribution is -1.97. The number of rotatable bonds is 1. The van der Waals surface area contributed by atoms with Crippen LogP contribution in [-0.2, 0) is 0 Å². The van der Waals surface area contributed by atoms with Crippen molar-refractivity contribution in [1.29, 1.82) is 5.26 Å². The molecule has 1 N–H and O–H groups in total. The Labute approximate surface area is 76.9 Å². The fourth-order valence-electron chi connectivity index (χ4n) is 1.03. The molecule has 0 aromatic heterocycles. The van der Waals surface area contributed by atoms with Gasteiger partial charge in [-0.15, -0.1) is 0 Å². The molecule has 0 fully saturated rings. The predicted molar refractivity (Wildman–Crippen MR) is 49.9 cm³/mol. The van der Waals surface area contributed by atoms with E-state index in [1.807, 2.05) is 32.0 Å². The van der Waals surface area contributed by atoms with E-state index in [1.54, 1.807) is 6.07 Å². The van der Waals surface area contributed by atoms with E-state index in [0.29, 0.717) is 5.56 Å². The normalized spacial score (nSPS) is 11.0. The highest BCUT2D eigenvalue weighted by atomic mass is 16.4. The second-order valence-corrected chi connectivity index (χ2v) is 2.86. The molecule has 3 heteroatoms. The standard InChI is InChI=1S/C10H10N2O/c1-7-3-4-9(5-8(7)2)10(6-11)12-13/h3-5,13H,1-2H3/b12-10-. The number of benzene rings is 1. The van der Waals surface area contributed by atoms with Gasteiger partial charge in [0.25, 0.3) is 0 Å². The minimum Gasteiger partial charge on any atom is -0.410 e. The minimum absolute atomic E-state index is 0.0445. The van der Waals surface area contributed by atoms with Crippen molar-refractivity contribution in [2.24, 2.45) is 5.16 Å². The smallest absolute Gasteiger partial charge is 0.186 e. The molecular formula is C10H10N2O. The van der Waals surface area contributed by atoms with E-state index in [9.17, 15) is 0 Å². The van der Waals surface area contributed by atoms with Crippen LogP contribution in [0.5, 0.6) is 0 Å². The van der Waals surface area contributed by atoms with Crippen LogP contribution in [0.4, 0.5) is 0 Å². The van der Waals surface area contributed by atoms with Gasteiger partial charge in [-0.25, -0.2) is 0 Å². The van der Waals surface area contributed by atoms with Crippen LogP contribution in [0.25, 0.3) is 0 Å². The van der Waals surface area contributed by atoms with Crippen LogP contribution in [-0.4, -0.2) is 10.9 Å². The molecule has 1 rings (SSSR count). The minimum atomic E-state index is 0.0445. The van der Waals surface area contributed by atoms with Crippen molar-refractivity contribution in [3.63, 3.8) is 0 Å². The van der Waals surface area contributed by atoms with Gasteiger partial charge in [-0.1, -0.05) is 17.3 Å². The fraction of sp³-hybridized carbons (Fsp3) is 0.200. The van der Waals surface area contributed by atoms with E-state index < -0.39 is 0 Å². The monoisotopic (exact) mass is 174 g/mol. The maximum absolute atomic E-state index is 8.60. The van der Waals surface area contributed by atoms with Crippen molar-refractivity contribution in [3.05, 3.63) is 34.9 Å². The molecule has 0 aliphatic rings. The molecule has 0 aliphatic heterocycles. The summed E-state index contributed by atoms with van der Waals surface area (Å²) in [5.41, 5.74) is 2.92. The van der Waals surface area contributed by atoms with Gasteiger partial charge < -0.3 is 5.21 Å². The Morgan fingerprint density at radius 2 is 2.08 bits per heavy atom. The van der Waals surface area contributed by atoms with Crippen molar-refractivity contribution in [2.75, 3.05) is 0 Å². The number of nitriles is 1. The Balaban J connectivity index is 3.20. The molecule has 0 bridgehead atoms. The Morgan fingerprint density at radius 1 is 1.38 bits per heavy atom. The molecular weight excluding hydrogens is 164 g/mol. The molecule has 0 unspecified atom stereocenters. The molecule has 13 heavy (non-hydrogen) atoms. The summed E-state index contributed by atoms with van der Waals surface area (Å²) >= 11 is 0. The molecule has 0 heterocycles. The van der Waals surface area contributed by atoms with Gasteiger partial charge in [-0.05, 0) is 31.0 Å². The van der Waals surface area contributed by atoms with E-state index in [-0.39, 0.29) is 5.71 Å². The molecule has 3 nitrogen and oxygen atoms in total. The Bertz CT molecular complexity index is 388. The maximum Gasteiger partial charge on any atom is 0.186 e. The van der Waals surface area contributed by atoms with Crippen molar-refractivity contribution >= 4 is 5.71 Å². The van der Waals surface area contributed by atoms with E-state index in [4.69, 9.17) is 10.5 Å². The lowest BCUT2D eigenvalue weighted by molar-refractivity contribution is 0.320. The molecule has 1 aromatic rings. The van der Waals surface area contributed by atoms with Gasteiger partial charge >= 0.3 is 0 Å². The summed E-state index contributed by atoms with van der Waals surface area (Å²) in [4.78, 5) is 0. The van der Waals surface area contributed by atoms with Gasteiger partial charge in [-0.2, -0.15) is 5.26 Å². The molecule has 0 spiro atoms. The zero-order valence-electron chi connectivity index (χ0n) is 7.57. The highest BCUT2D eigenvalue weighted by molar-refractivity contribution is 6.11. The molecule has 66 valence electrons. The Hall–Kier alpha value is -1.82. The molecule has 0 saturated carbocycles. The maximum atomic E-state index is 8.60. The van der Waals surface area contributed by atoms with E-state index in [0.717, 1.165) is 11.1 Å². The average molecular weight is 174 g/mol. The van der Waals surface area contributed by atoms with Gasteiger partial charge in [0.05, 0.1) is 0 Å². The number of hydrogen-bond acceptors (Lipinski definition) is 3. The number of nitrogens with zero attached hydrogens (tertiary/aromatic N) is 2. The highest BCUT2D eigenvalue weighted by Crippen LogP contribution is 2.10. The summed E-state index contributed by atoms with van der Waals surface area (Å²) in [6, 6.07) is 7.30. The van der Waals surface area contributed by atoms with Crippen molar-refractivity contribution in [3.8, 4) is 6.07 Å². The summed E-state index contributed by atoms with van der Waals surface area (Å²) < 4.78 is 0. The second kappa shape index (κ2) is 3.72. The first-order chi connectivity index (χ1) is 6.19. The van der Waals surface area contributed by atoms with Crippen molar-refractivity contribution < 1.29 is 5.21 Å². The predicted octanol–water partition coefficient (Wildman–Crippen LogP) is 2.01. The number of aryl methyl sites for hydroxylation is 2. The van der Waals surface area contributed by atoms with Gasteiger partial charge in [0.15, 0.2) is 5.71 Å². The summed E-state index contributed by atoms with van der Waals surface area (Å²) in [7, 11) is 0. The van der Waals surface area contributed by atoms with Crippen LogP contribution in [0.15, 0.2) is 23.4 Å². The summed E-state index contributed by atoms with van der Waals surface area (Å²) in [6.07, 6.45) is 0. The fourth-order valence-corrected chi connectivity index (χ4v) is 1.03. The summed E-state index contributed by atoms with van der Waals surface area (Å²) in [5.74, 6) is 0. The van der Waals surface area contributed by atoms with Gasteiger partial charge in [0, 0.05) is 5.56 Å². The molecule has 0 radical (unpaired) electrons. The molecule has 0 aliphatic carbocycles. The SMILES string of the molecule is Cc1ccc(/C(C#N)=N\O)cc1C. The third kappa shape index (κ3) is 1.85. The molecule has 1 aromatic carbocycles. The highest BCUT2D eigenvalue weighted by Gasteiger charge is 2.03. The first-order valence-corrected chi connectivity index (χ1v) is 3.89. The van der Waals surface area contributed by atoms with Crippen molar-refractivity contribution in [1.82, 2.24) is 0 Å². The van der Waals surface area contributed by atoms with Crippen LogP contribution >= 0.6 is 0 Å². The first-order valence-electron chi connectivity index (χ1n) is 3.89. The Morgan fingerprint density at radius 3 is 2.54 bits per heavy atom. The van der Waals surface area contributed by atoms with Crippen LogP contribution in [0.2, 0.25) is 0 Å². The van der Waals surface area contributed by atoms with Crippen LogP contribution in [0.3, 0.4) is 0 Å². The molecule has 0 saturated heterocycles. The van der Waals surface area contributed by atoms with Crippen LogP contribution in [0.1, 0.15) is 16.7 Å². The zero-order valence-corrected chi connectivity index (χ0v) is 7.57. The molecule has 0 amide bonds. The lowest BCUT2D eigenvalue weighted by atomic mass is 10.0. The number of oxime groups is 1.